The first-order chi connectivity index (χ1) is 18.0. The highest BCUT2D eigenvalue weighted by atomic mass is 16.5. The number of fused-ring (bicyclic) bond motifs is 1. The Labute approximate surface area is 223 Å². The summed E-state index contributed by atoms with van der Waals surface area (Å²) in [6, 6.07) is 15.6. The van der Waals surface area contributed by atoms with Gasteiger partial charge in [-0.2, -0.15) is 0 Å². The van der Waals surface area contributed by atoms with Crippen molar-refractivity contribution in [1.29, 1.82) is 0 Å². The fourth-order valence-electron chi connectivity index (χ4n) is 4.50. The molecule has 0 aliphatic rings. The Hall–Kier alpha value is -3.01. The molecule has 0 saturated carbocycles. The third-order valence-electron chi connectivity index (χ3n) is 6.72. The number of esters is 1. The van der Waals surface area contributed by atoms with Crippen molar-refractivity contribution in [1.82, 2.24) is 0 Å². The highest BCUT2D eigenvalue weighted by Gasteiger charge is 2.22. The summed E-state index contributed by atoms with van der Waals surface area (Å²) in [4.78, 5) is 13.5. The maximum Gasteiger partial charge on any atom is 0.347 e. The molecule has 3 aromatic rings. The molecule has 4 heteroatoms. The van der Waals surface area contributed by atoms with Crippen molar-refractivity contribution >= 4 is 16.7 Å². The Morgan fingerprint density at radius 1 is 0.676 bits per heavy atom. The Morgan fingerprint density at radius 3 is 2.00 bits per heavy atom. The predicted molar refractivity (Wildman–Crippen MR) is 153 cm³/mol. The lowest BCUT2D eigenvalue weighted by atomic mass is 10.0. The van der Waals surface area contributed by atoms with Crippen LogP contribution in [0.5, 0.6) is 17.2 Å². The summed E-state index contributed by atoms with van der Waals surface area (Å²) in [5.74, 6) is 1.42. The summed E-state index contributed by atoms with van der Waals surface area (Å²) in [5.41, 5.74) is 2.46. The Kier molecular flexibility index (Phi) is 11.8. The van der Waals surface area contributed by atoms with Gasteiger partial charge in [-0.05, 0) is 50.5 Å². The Balaban J connectivity index is 1.91. The van der Waals surface area contributed by atoms with E-state index in [1.54, 1.807) is 0 Å². The summed E-state index contributed by atoms with van der Waals surface area (Å²) in [5, 5.41) is 1.86. The molecule has 0 spiro atoms. The second-order valence-corrected chi connectivity index (χ2v) is 9.98. The van der Waals surface area contributed by atoms with Gasteiger partial charge >= 0.3 is 5.97 Å². The van der Waals surface area contributed by atoms with Gasteiger partial charge in [0.25, 0.3) is 0 Å². The molecule has 0 saturated heterocycles. The molecule has 0 unspecified atom stereocenters. The fourth-order valence-corrected chi connectivity index (χ4v) is 4.50. The van der Waals surface area contributed by atoms with Gasteiger partial charge in [0.05, 0.1) is 13.2 Å². The maximum absolute atomic E-state index is 13.5. The maximum atomic E-state index is 13.5. The third-order valence-corrected chi connectivity index (χ3v) is 6.72. The lowest BCUT2D eigenvalue weighted by molar-refractivity contribution is 0.0728. The molecule has 0 heterocycles. The molecular formula is C33H44O4. The van der Waals surface area contributed by atoms with E-state index >= 15 is 0 Å². The summed E-state index contributed by atoms with van der Waals surface area (Å²) < 4.78 is 18.5. The first kappa shape index (κ1) is 28.6. The lowest BCUT2D eigenvalue weighted by Gasteiger charge is -2.18. The molecule has 3 aromatic carbocycles. The first-order valence-corrected chi connectivity index (χ1v) is 14.2. The number of unbranched alkanes of at least 4 members (excludes halogenated alkanes) is 8. The molecule has 4 nitrogen and oxygen atoms in total. The van der Waals surface area contributed by atoms with Gasteiger partial charge in [-0.1, -0.05) is 101 Å². The number of hydrogen-bond acceptors (Lipinski definition) is 4. The molecule has 200 valence electrons. The van der Waals surface area contributed by atoms with Crippen LogP contribution in [0.15, 0.2) is 48.5 Å². The highest BCUT2D eigenvalue weighted by molar-refractivity contribution is 6.05. The molecule has 0 aliphatic carbocycles. The number of benzene rings is 3. The van der Waals surface area contributed by atoms with Gasteiger partial charge in [0, 0.05) is 10.8 Å². The van der Waals surface area contributed by atoms with Crippen LogP contribution in [-0.4, -0.2) is 19.2 Å². The molecule has 3 rings (SSSR count). The van der Waals surface area contributed by atoms with E-state index in [9.17, 15) is 4.79 Å². The van der Waals surface area contributed by atoms with Crippen LogP contribution in [0.4, 0.5) is 0 Å². The van der Waals surface area contributed by atoms with Crippen LogP contribution in [0.2, 0.25) is 0 Å². The molecule has 0 bridgehead atoms. The predicted octanol–water partition coefficient (Wildman–Crippen LogP) is 9.37. The number of ether oxygens (including phenoxy) is 3. The molecule has 0 aromatic heterocycles. The average molecular weight is 505 g/mol. The standard InChI is InChI=1S/C33H44O4/c1-5-7-9-11-15-21-35-31-24-29(33(34)37-30-18-14-13-17-26(30)4)32(36-22-16-12-10-8-6-2)27-20-19-25(3)23-28(27)31/h13-14,17-20,23-24H,5-12,15-16,21-22H2,1-4H3. The van der Waals surface area contributed by atoms with Crippen molar-refractivity contribution in [3.05, 3.63) is 65.2 Å². The van der Waals surface area contributed by atoms with Crippen LogP contribution in [0.1, 0.15) is 99.5 Å². The van der Waals surface area contributed by atoms with Crippen molar-refractivity contribution in [2.45, 2.75) is 91.9 Å². The van der Waals surface area contributed by atoms with E-state index in [0.29, 0.717) is 36.0 Å². The Morgan fingerprint density at radius 2 is 1.32 bits per heavy atom. The average Bonchev–Trinajstić information content (AvgIpc) is 2.89. The van der Waals surface area contributed by atoms with Gasteiger partial charge in [-0.15, -0.1) is 0 Å². The SMILES string of the molecule is CCCCCCCOc1cc(C(=O)Oc2ccccc2C)c(OCCCCCCC)c2ccc(C)cc12. The molecule has 0 radical (unpaired) electrons. The van der Waals surface area contributed by atoms with Crippen LogP contribution in [-0.2, 0) is 0 Å². The van der Waals surface area contributed by atoms with Crippen molar-refractivity contribution < 1.29 is 19.0 Å². The number of hydrogen-bond donors (Lipinski definition) is 0. The minimum Gasteiger partial charge on any atom is -0.493 e. The van der Waals surface area contributed by atoms with Crippen molar-refractivity contribution in [3.63, 3.8) is 0 Å². The minimum atomic E-state index is -0.425. The quantitative estimate of drug-likeness (QED) is 0.111. The van der Waals surface area contributed by atoms with Crippen LogP contribution >= 0.6 is 0 Å². The largest absolute Gasteiger partial charge is 0.493 e. The smallest absolute Gasteiger partial charge is 0.347 e. The number of carbonyl (C=O) groups is 1. The molecule has 37 heavy (non-hydrogen) atoms. The number of rotatable bonds is 16. The molecule has 0 fully saturated rings. The summed E-state index contributed by atoms with van der Waals surface area (Å²) in [6.45, 7) is 9.63. The van der Waals surface area contributed by atoms with Gasteiger partial charge in [0.2, 0.25) is 0 Å². The van der Waals surface area contributed by atoms with E-state index in [-0.39, 0.29) is 0 Å². The van der Waals surface area contributed by atoms with Crippen molar-refractivity contribution in [2.24, 2.45) is 0 Å². The van der Waals surface area contributed by atoms with Gasteiger partial charge in [0.1, 0.15) is 22.8 Å². The van der Waals surface area contributed by atoms with Crippen LogP contribution in [0.3, 0.4) is 0 Å². The molecular weight excluding hydrogens is 460 g/mol. The monoisotopic (exact) mass is 504 g/mol. The highest BCUT2D eigenvalue weighted by Crippen LogP contribution is 2.38. The Bertz CT molecular complexity index is 1130. The number of carbonyl (C=O) groups excluding carboxylic acids is 1. The molecule has 0 atom stereocenters. The van der Waals surface area contributed by atoms with Crippen molar-refractivity contribution in [3.8, 4) is 17.2 Å². The molecule has 0 aliphatic heterocycles. The van der Waals surface area contributed by atoms with Crippen molar-refractivity contribution in [2.75, 3.05) is 13.2 Å². The van der Waals surface area contributed by atoms with Crippen LogP contribution in [0, 0.1) is 13.8 Å². The summed E-state index contributed by atoms with van der Waals surface area (Å²) >= 11 is 0. The van der Waals surface area contributed by atoms with Gasteiger partial charge in [-0.25, -0.2) is 4.79 Å². The molecule has 0 N–H and O–H groups in total. The minimum absolute atomic E-state index is 0.411. The first-order valence-electron chi connectivity index (χ1n) is 14.2. The van der Waals surface area contributed by atoms with Gasteiger partial charge in [-0.3, -0.25) is 0 Å². The van der Waals surface area contributed by atoms with Crippen LogP contribution in [0.25, 0.3) is 10.8 Å². The van der Waals surface area contributed by atoms with E-state index in [4.69, 9.17) is 14.2 Å². The topological polar surface area (TPSA) is 44.8 Å². The van der Waals surface area contributed by atoms with E-state index in [0.717, 1.165) is 47.6 Å². The lowest BCUT2D eigenvalue weighted by Crippen LogP contribution is -2.13. The van der Waals surface area contributed by atoms with Crippen LogP contribution < -0.4 is 14.2 Å². The fraction of sp³-hybridized carbons (Fsp3) is 0.485. The molecule has 0 amide bonds. The van der Waals surface area contributed by atoms with E-state index < -0.39 is 5.97 Å². The second-order valence-electron chi connectivity index (χ2n) is 9.98. The number of para-hydroxylation sites is 1. The van der Waals surface area contributed by atoms with Gasteiger partial charge in [0.15, 0.2) is 0 Å². The zero-order chi connectivity index (χ0) is 26.5. The van der Waals surface area contributed by atoms with E-state index in [2.05, 4.69) is 32.9 Å². The number of aryl methyl sites for hydroxylation is 2. The normalized spacial score (nSPS) is 11.0. The van der Waals surface area contributed by atoms with E-state index in [1.807, 2.05) is 43.3 Å². The summed E-state index contributed by atoms with van der Waals surface area (Å²) in [6.07, 6.45) is 11.5. The summed E-state index contributed by atoms with van der Waals surface area (Å²) in [7, 11) is 0. The van der Waals surface area contributed by atoms with E-state index in [1.165, 1.54) is 38.5 Å². The van der Waals surface area contributed by atoms with Gasteiger partial charge < -0.3 is 14.2 Å². The zero-order valence-electron chi connectivity index (χ0n) is 23.2. The third kappa shape index (κ3) is 8.52. The second kappa shape index (κ2) is 15.3. The zero-order valence-corrected chi connectivity index (χ0v) is 23.2.